The highest BCUT2D eigenvalue weighted by Gasteiger charge is 2.12. The highest BCUT2D eigenvalue weighted by molar-refractivity contribution is 7.80. The predicted molar refractivity (Wildman–Crippen MR) is 78.1 cm³/mol. The van der Waals surface area contributed by atoms with E-state index in [0.717, 1.165) is 25.9 Å². The number of thiocarbonyl (C=S) groups is 1. The van der Waals surface area contributed by atoms with Gasteiger partial charge in [0.1, 0.15) is 10.8 Å². The van der Waals surface area contributed by atoms with Gasteiger partial charge in [-0.25, -0.2) is 4.39 Å². The Morgan fingerprint density at radius 2 is 1.89 bits per heavy atom. The van der Waals surface area contributed by atoms with Gasteiger partial charge < -0.3 is 5.73 Å². The van der Waals surface area contributed by atoms with E-state index < -0.39 is 0 Å². The van der Waals surface area contributed by atoms with Gasteiger partial charge in [0.25, 0.3) is 0 Å². The van der Waals surface area contributed by atoms with Crippen molar-refractivity contribution in [3.63, 3.8) is 0 Å². The van der Waals surface area contributed by atoms with Gasteiger partial charge in [0.15, 0.2) is 0 Å². The summed E-state index contributed by atoms with van der Waals surface area (Å²) in [7, 11) is 0. The van der Waals surface area contributed by atoms with Crippen LogP contribution in [0.2, 0.25) is 0 Å². The summed E-state index contributed by atoms with van der Waals surface area (Å²) in [5, 5.41) is 0. The standard InChI is InChI=1S/C14H21FN2S/c1-3-8-17(9-4-2)10-11-6-5-7-12(13(11)15)14(16)18/h5-7H,3-4,8-10H2,1-2H3,(H2,16,18). The third-order valence-electron chi connectivity index (χ3n) is 2.82. The third-order valence-corrected chi connectivity index (χ3v) is 3.04. The van der Waals surface area contributed by atoms with Crippen molar-refractivity contribution in [1.82, 2.24) is 4.90 Å². The molecular weight excluding hydrogens is 247 g/mol. The van der Waals surface area contributed by atoms with E-state index >= 15 is 0 Å². The molecule has 1 rings (SSSR count). The molecule has 1 aromatic carbocycles. The van der Waals surface area contributed by atoms with Crippen LogP contribution in [0.15, 0.2) is 18.2 Å². The maximum atomic E-state index is 14.2. The average Bonchev–Trinajstić information content (AvgIpc) is 2.32. The first-order valence-corrected chi connectivity index (χ1v) is 6.80. The van der Waals surface area contributed by atoms with Gasteiger partial charge in [0, 0.05) is 17.7 Å². The Labute approximate surface area is 114 Å². The Kier molecular flexibility index (Phi) is 6.22. The number of nitrogens with two attached hydrogens (primary N) is 1. The van der Waals surface area contributed by atoms with Gasteiger partial charge in [-0.3, -0.25) is 4.90 Å². The summed E-state index contributed by atoms with van der Waals surface area (Å²) in [6, 6.07) is 5.24. The monoisotopic (exact) mass is 268 g/mol. The lowest BCUT2D eigenvalue weighted by Gasteiger charge is -2.21. The molecule has 2 nitrogen and oxygen atoms in total. The van der Waals surface area contributed by atoms with Crippen molar-refractivity contribution < 1.29 is 4.39 Å². The number of benzene rings is 1. The van der Waals surface area contributed by atoms with Crippen molar-refractivity contribution in [1.29, 1.82) is 0 Å². The first-order chi connectivity index (χ1) is 8.60. The lowest BCUT2D eigenvalue weighted by atomic mass is 10.1. The third kappa shape index (κ3) is 4.03. The molecule has 0 bridgehead atoms. The predicted octanol–water partition coefficient (Wildman–Crippen LogP) is 3.08. The van der Waals surface area contributed by atoms with E-state index in [4.69, 9.17) is 18.0 Å². The molecule has 0 aromatic heterocycles. The normalized spacial score (nSPS) is 10.9. The second-order valence-corrected chi connectivity index (χ2v) is 4.86. The van der Waals surface area contributed by atoms with Crippen LogP contribution in [-0.2, 0) is 6.54 Å². The van der Waals surface area contributed by atoms with E-state index in [1.54, 1.807) is 12.1 Å². The number of hydrogen-bond donors (Lipinski definition) is 1. The van der Waals surface area contributed by atoms with Crippen LogP contribution >= 0.6 is 12.2 Å². The molecule has 0 aliphatic carbocycles. The van der Waals surface area contributed by atoms with Crippen LogP contribution in [0, 0.1) is 5.82 Å². The van der Waals surface area contributed by atoms with Gasteiger partial charge in [-0.1, -0.05) is 38.2 Å². The van der Waals surface area contributed by atoms with Crippen molar-refractivity contribution >= 4 is 17.2 Å². The molecule has 4 heteroatoms. The van der Waals surface area contributed by atoms with E-state index in [9.17, 15) is 4.39 Å². The molecule has 0 unspecified atom stereocenters. The molecule has 0 aliphatic rings. The number of hydrogen-bond acceptors (Lipinski definition) is 2. The minimum atomic E-state index is -0.276. The lowest BCUT2D eigenvalue weighted by Crippen LogP contribution is -2.26. The van der Waals surface area contributed by atoms with Crippen molar-refractivity contribution in [2.24, 2.45) is 5.73 Å². The molecule has 1 aromatic rings. The zero-order valence-electron chi connectivity index (χ0n) is 11.1. The molecule has 0 saturated heterocycles. The Balaban J connectivity index is 2.88. The maximum absolute atomic E-state index is 14.2. The molecule has 18 heavy (non-hydrogen) atoms. The van der Waals surface area contributed by atoms with Crippen molar-refractivity contribution in [2.75, 3.05) is 13.1 Å². The molecule has 2 N–H and O–H groups in total. The van der Waals surface area contributed by atoms with Gasteiger partial charge in [-0.05, 0) is 32.0 Å². The van der Waals surface area contributed by atoms with Crippen LogP contribution < -0.4 is 5.73 Å². The lowest BCUT2D eigenvalue weighted by molar-refractivity contribution is 0.263. The van der Waals surface area contributed by atoms with Crippen LogP contribution in [0.3, 0.4) is 0 Å². The van der Waals surface area contributed by atoms with Gasteiger partial charge in [-0.15, -0.1) is 0 Å². The summed E-state index contributed by atoms with van der Waals surface area (Å²) in [6.45, 7) is 6.83. The summed E-state index contributed by atoms with van der Waals surface area (Å²) in [4.78, 5) is 2.37. The highest BCUT2D eigenvalue weighted by Crippen LogP contribution is 2.15. The van der Waals surface area contributed by atoms with E-state index in [0.29, 0.717) is 17.7 Å². The van der Waals surface area contributed by atoms with Crippen molar-refractivity contribution in [3.8, 4) is 0 Å². The SMILES string of the molecule is CCCN(CCC)Cc1cccc(C(N)=S)c1F. The van der Waals surface area contributed by atoms with E-state index in [2.05, 4.69) is 18.7 Å². The molecule has 0 fully saturated rings. The number of halogens is 1. The van der Waals surface area contributed by atoms with Gasteiger partial charge in [-0.2, -0.15) is 0 Å². The van der Waals surface area contributed by atoms with Crippen LogP contribution in [0.4, 0.5) is 4.39 Å². The number of rotatable bonds is 7. The molecule has 0 atom stereocenters. The van der Waals surface area contributed by atoms with Crippen LogP contribution in [0.5, 0.6) is 0 Å². The Morgan fingerprint density at radius 1 is 1.28 bits per heavy atom. The van der Waals surface area contributed by atoms with Crippen molar-refractivity contribution in [3.05, 3.63) is 35.1 Å². The molecule has 100 valence electrons. The summed E-state index contributed by atoms with van der Waals surface area (Å²) in [6.07, 6.45) is 2.13. The summed E-state index contributed by atoms with van der Waals surface area (Å²) in [5.41, 5.74) is 6.52. The quantitative estimate of drug-likeness (QED) is 0.771. The van der Waals surface area contributed by atoms with Crippen molar-refractivity contribution in [2.45, 2.75) is 33.2 Å². The largest absolute Gasteiger partial charge is 0.389 e. The molecular formula is C14H21FN2S. The maximum Gasteiger partial charge on any atom is 0.137 e. The number of nitrogens with zero attached hydrogens (tertiary/aromatic N) is 1. The Bertz CT molecular complexity index is 401. The Morgan fingerprint density at radius 3 is 2.39 bits per heavy atom. The van der Waals surface area contributed by atoms with E-state index in [1.165, 1.54) is 0 Å². The minimum absolute atomic E-state index is 0.117. The van der Waals surface area contributed by atoms with Crippen LogP contribution in [0.1, 0.15) is 37.8 Å². The smallest absolute Gasteiger partial charge is 0.137 e. The average molecular weight is 268 g/mol. The van der Waals surface area contributed by atoms with Crippen LogP contribution in [0.25, 0.3) is 0 Å². The zero-order valence-corrected chi connectivity index (χ0v) is 11.9. The van der Waals surface area contributed by atoms with E-state index in [-0.39, 0.29) is 10.8 Å². The molecule has 0 amide bonds. The van der Waals surface area contributed by atoms with Gasteiger partial charge >= 0.3 is 0 Å². The molecule has 0 saturated carbocycles. The van der Waals surface area contributed by atoms with Crippen LogP contribution in [-0.4, -0.2) is 23.0 Å². The second kappa shape index (κ2) is 7.44. The first kappa shape index (κ1) is 15.1. The fraction of sp³-hybridized carbons (Fsp3) is 0.500. The molecule has 0 radical (unpaired) electrons. The zero-order chi connectivity index (χ0) is 13.5. The summed E-state index contributed by atoms with van der Waals surface area (Å²) >= 11 is 4.85. The highest BCUT2D eigenvalue weighted by atomic mass is 32.1. The minimum Gasteiger partial charge on any atom is -0.389 e. The fourth-order valence-electron chi connectivity index (χ4n) is 2.04. The second-order valence-electron chi connectivity index (χ2n) is 4.42. The summed E-state index contributed by atoms with van der Waals surface area (Å²) in [5.74, 6) is -0.276. The molecule has 0 heterocycles. The Hall–Kier alpha value is -1.00. The molecule has 0 spiro atoms. The van der Waals surface area contributed by atoms with Gasteiger partial charge in [0.05, 0.1) is 0 Å². The summed E-state index contributed by atoms with van der Waals surface area (Å²) < 4.78 is 14.2. The fourth-order valence-corrected chi connectivity index (χ4v) is 2.19. The first-order valence-electron chi connectivity index (χ1n) is 6.39. The topological polar surface area (TPSA) is 29.3 Å². The molecule has 0 aliphatic heterocycles. The van der Waals surface area contributed by atoms with Gasteiger partial charge in [0.2, 0.25) is 0 Å². The van der Waals surface area contributed by atoms with E-state index in [1.807, 2.05) is 6.07 Å².